The van der Waals surface area contributed by atoms with Crippen molar-refractivity contribution in [2.24, 2.45) is 0 Å². The van der Waals surface area contributed by atoms with Gasteiger partial charge in [-0.05, 0) is 38.9 Å². The molecule has 5 heteroatoms. The van der Waals surface area contributed by atoms with Gasteiger partial charge in [0.25, 0.3) is 0 Å². The fourth-order valence-corrected chi connectivity index (χ4v) is 4.63. The van der Waals surface area contributed by atoms with Gasteiger partial charge in [-0.15, -0.1) is 11.3 Å². The Balaban J connectivity index is 2.37. The molecular formula is C13H16N2OS2. The Bertz CT molecular complexity index is 657. The smallest absolute Gasteiger partial charge is 0.211 e. The van der Waals surface area contributed by atoms with E-state index in [-0.39, 0.29) is 5.43 Å². The van der Waals surface area contributed by atoms with Crippen molar-refractivity contribution in [3.05, 3.63) is 20.7 Å². The van der Waals surface area contributed by atoms with E-state index < -0.39 is 0 Å². The molecule has 0 fully saturated rings. The minimum Gasteiger partial charge on any atom is -0.311 e. The van der Waals surface area contributed by atoms with Crippen molar-refractivity contribution < 1.29 is 0 Å². The maximum absolute atomic E-state index is 12.5. The van der Waals surface area contributed by atoms with Gasteiger partial charge in [-0.3, -0.25) is 4.79 Å². The van der Waals surface area contributed by atoms with Crippen LogP contribution in [0.15, 0.2) is 9.95 Å². The third-order valence-corrected chi connectivity index (χ3v) is 5.49. The zero-order valence-corrected chi connectivity index (χ0v) is 12.3. The Morgan fingerprint density at radius 1 is 1.39 bits per heavy atom. The van der Waals surface area contributed by atoms with E-state index in [4.69, 9.17) is 0 Å². The van der Waals surface area contributed by atoms with Gasteiger partial charge in [0.15, 0.2) is 5.16 Å². The van der Waals surface area contributed by atoms with Gasteiger partial charge in [0, 0.05) is 17.0 Å². The molecule has 0 aliphatic heterocycles. The number of aromatic nitrogens is 2. The summed E-state index contributed by atoms with van der Waals surface area (Å²) >= 11 is 3.39. The summed E-state index contributed by atoms with van der Waals surface area (Å²) in [5, 5.41) is 0.961. The predicted molar refractivity (Wildman–Crippen MR) is 78.0 cm³/mol. The summed E-state index contributed by atoms with van der Waals surface area (Å²) in [6.07, 6.45) is 6.37. The van der Waals surface area contributed by atoms with E-state index in [0.717, 1.165) is 41.4 Å². The quantitative estimate of drug-likeness (QED) is 0.793. The molecule has 1 aliphatic rings. The molecule has 0 radical (unpaired) electrons. The maximum Gasteiger partial charge on any atom is 0.211 e. The molecule has 0 bridgehead atoms. The molecule has 0 amide bonds. The highest BCUT2D eigenvalue weighted by atomic mass is 32.2. The minimum absolute atomic E-state index is 0.181. The van der Waals surface area contributed by atoms with Crippen molar-refractivity contribution >= 4 is 33.4 Å². The largest absolute Gasteiger partial charge is 0.311 e. The molecule has 2 heterocycles. The molecule has 18 heavy (non-hydrogen) atoms. The first-order valence-electron chi connectivity index (χ1n) is 6.35. The minimum atomic E-state index is 0.181. The van der Waals surface area contributed by atoms with Crippen molar-refractivity contribution in [1.29, 1.82) is 0 Å². The molecule has 3 nitrogen and oxygen atoms in total. The first-order chi connectivity index (χ1) is 8.76. The van der Waals surface area contributed by atoms with Crippen molar-refractivity contribution in [2.45, 2.75) is 44.3 Å². The number of hydrogen-bond acceptors (Lipinski definition) is 4. The molecule has 0 saturated heterocycles. The lowest BCUT2D eigenvalue weighted by Gasteiger charge is -2.13. The van der Waals surface area contributed by atoms with E-state index in [2.05, 4.69) is 16.5 Å². The predicted octanol–water partition coefficient (Wildman–Crippen LogP) is 3.08. The summed E-state index contributed by atoms with van der Waals surface area (Å²) in [7, 11) is 0. The number of fused-ring (bicyclic) bond motifs is 2. The summed E-state index contributed by atoms with van der Waals surface area (Å²) < 4.78 is 2.17. The molecule has 0 N–H and O–H groups in total. The van der Waals surface area contributed by atoms with Crippen LogP contribution in [0.2, 0.25) is 0 Å². The molecular weight excluding hydrogens is 264 g/mol. The van der Waals surface area contributed by atoms with Crippen LogP contribution < -0.4 is 5.43 Å². The average Bonchev–Trinajstić information content (AvgIpc) is 2.77. The van der Waals surface area contributed by atoms with Crippen molar-refractivity contribution in [3.63, 3.8) is 0 Å². The van der Waals surface area contributed by atoms with Crippen molar-refractivity contribution in [3.8, 4) is 0 Å². The molecule has 0 spiro atoms. The van der Waals surface area contributed by atoms with Gasteiger partial charge in [0.1, 0.15) is 10.3 Å². The number of rotatable bonds is 2. The maximum atomic E-state index is 12.5. The Labute approximate surface area is 114 Å². The molecule has 0 atom stereocenters. The fraction of sp³-hybridized carbons (Fsp3) is 0.538. The highest BCUT2D eigenvalue weighted by Crippen LogP contribution is 2.30. The van der Waals surface area contributed by atoms with Crippen LogP contribution in [0.3, 0.4) is 0 Å². The highest BCUT2D eigenvalue weighted by Gasteiger charge is 2.20. The van der Waals surface area contributed by atoms with Crippen LogP contribution in [0.1, 0.15) is 30.2 Å². The van der Waals surface area contributed by atoms with E-state index in [0.29, 0.717) is 5.52 Å². The standard InChI is InChI=1S/C13H16N2OS2/c1-3-15-12-10(14-13(15)17-2)11(16)8-6-4-5-7-9(8)18-12/h3-7H2,1-2H3. The van der Waals surface area contributed by atoms with Crippen LogP contribution in [0.4, 0.5) is 0 Å². The second-order valence-corrected chi connectivity index (χ2v) is 6.39. The first-order valence-corrected chi connectivity index (χ1v) is 8.39. The molecule has 0 aromatic carbocycles. The van der Waals surface area contributed by atoms with Gasteiger partial charge < -0.3 is 4.57 Å². The van der Waals surface area contributed by atoms with Crippen LogP contribution in [-0.2, 0) is 19.4 Å². The number of thioether (sulfide) groups is 1. The van der Waals surface area contributed by atoms with Gasteiger partial charge in [-0.25, -0.2) is 4.98 Å². The average molecular weight is 280 g/mol. The van der Waals surface area contributed by atoms with Gasteiger partial charge in [-0.1, -0.05) is 11.8 Å². The van der Waals surface area contributed by atoms with Crippen LogP contribution in [-0.4, -0.2) is 15.8 Å². The van der Waals surface area contributed by atoms with Crippen LogP contribution in [0, 0.1) is 0 Å². The Morgan fingerprint density at radius 2 is 2.17 bits per heavy atom. The van der Waals surface area contributed by atoms with Crippen LogP contribution in [0.5, 0.6) is 0 Å². The molecule has 0 saturated carbocycles. The molecule has 3 rings (SSSR count). The Morgan fingerprint density at radius 3 is 2.89 bits per heavy atom. The van der Waals surface area contributed by atoms with Gasteiger partial charge in [0.05, 0.1) is 0 Å². The summed E-state index contributed by atoms with van der Waals surface area (Å²) in [5.41, 5.74) is 1.90. The van der Waals surface area contributed by atoms with E-state index in [9.17, 15) is 4.79 Å². The molecule has 2 aromatic heterocycles. The van der Waals surface area contributed by atoms with Gasteiger partial charge in [-0.2, -0.15) is 0 Å². The zero-order valence-electron chi connectivity index (χ0n) is 10.7. The zero-order chi connectivity index (χ0) is 12.7. The van der Waals surface area contributed by atoms with Gasteiger partial charge in [0.2, 0.25) is 5.43 Å². The third kappa shape index (κ3) is 1.72. The molecule has 0 unspecified atom stereocenters. The lowest BCUT2D eigenvalue weighted by molar-refractivity contribution is 0.692. The monoisotopic (exact) mass is 280 g/mol. The summed E-state index contributed by atoms with van der Waals surface area (Å²) in [4.78, 5) is 19.4. The molecule has 2 aromatic rings. The van der Waals surface area contributed by atoms with E-state index in [1.165, 1.54) is 11.3 Å². The normalized spacial score (nSPS) is 15.0. The fourth-order valence-electron chi connectivity index (χ4n) is 2.59. The van der Waals surface area contributed by atoms with Crippen LogP contribution in [0.25, 0.3) is 10.3 Å². The molecule has 1 aliphatic carbocycles. The second kappa shape index (κ2) is 4.70. The van der Waals surface area contributed by atoms with Crippen molar-refractivity contribution in [2.75, 3.05) is 6.26 Å². The SMILES string of the molecule is CCn1c(SC)nc2c(=O)c3c(sc21)CCCC3. The number of imidazole rings is 1. The number of hydrogen-bond donors (Lipinski definition) is 0. The van der Waals surface area contributed by atoms with Crippen LogP contribution >= 0.6 is 23.1 Å². The first kappa shape index (κ1) is 12.2. The highest BCUT2D eigenvalue weighted by molar-refractivity contribution is 7.98. The summed E-state index contributed by atoms with van der Waals surface area (Å²) in [6, 6.07) is 0. The van der Waals surface area contributed by atoms with E-state index in [1.54, 1.807) is 23.1 Å². The second-order valence-electron chi connectivity index (χ2n) is 4.54. The molecule has 96 valence electrons. The van der Waals surface area contributed by atoms with Gasteiger partial charge >= 0.3 is 0 Å². The lowest BCUT2D eigenvalue weighted by Crippen LogP contribution is -2.15. The lowest BCUT2D eigenvalue weighted by atomic mass is 9.98. The number of aryl methyl sites for hydroxylation is 2. The Kier molecular flexibility index (Phi) is 3.20. The van der Waals surface area contributed by atoms with E-state index in [1.807, 2.05) is 6.26 Å². The number of nitrogens with zero attached hydrogens (tertiary/aromatic N) is 2. The van der Waals surface area contributed by atoms with E-state index >= 15 is 0 Å². The summed E-state index contributed by atoms with van der Waals surface area (Å²) in [6.45, 7) is 2.99. The summed E-state index contributed by atoms with van der Waals surface area (Å²) in [5.74, 6) is 0. The topological polar surface area (TPSA) is 34.9 Å². The third-order valence-electron chi connectivity index (χ3n) is 3.51. The van der Waals surface area contributed by atoms with Crippen molar-refractivity contribution in [1.82, 2.24) is 9.55 Å². The Hall–Kier alpha value is -0.810.